The Morgan fingerprint density at radius 1 is 0.849 bits per heavy atom. The summed E-state index contributed by atoms with van der Waals surface area (Å²) in [6.07, 6.45) is 5.96. The van der Waals surface area contributed by atoms with Crippen molar-refractivity contribution < 1.29 is 41.1 Å². The zero-order chi connectivity index (χ0) is 40.8. The highest BCUT2D eigenvalue weighted by Gasteiger charge is 2.50. The lowest BCUT2D eigenvalue weighted by Crippen LogP contribution is -2.45. The van der Waals surface area contributed by atoms with Crippen molar-refractivity contribution in [1.82, 2.24) is 0 Å². The molecule has 1 saturated carbocycles. The van der Waals surface area contributed by atoms with Gasteiger partial charge in [0.15, 0.2) is 25.0 Å². The van der Waals surface area contributed by atoms with Crippen LogP contribution in [0.3, 0.4) is 0 Å². The van der Waals surface area contributed by atoms with Crippen molar-refractivity contribution >= 4 is 30.9 Å². The number of hydrogen-bond donors (Lipinski definition) is 0. The van der Waals surface area contributed by atoms with E-state index in [2.05, 4.69) is 120 Å². The third kappa shape index (κ3) is 14.1. The van der Waals surface area contributed by atoms with Crippen LogP contribution in [0.25, 0.3) is 0 Å². The first-order chi connectivity index (χ1) is 23.9. The molecule has 0 spiro atoms. The zero-order valence-corrected chi connectivity index (χ0v) is 38.3. The van der Waals surface area contributed by atoms with Gasteiger partial charge < -0.3 is 27.9 Å². The number of carboxylic acid groups (broad SMARTS) is 1. The molecule has 12 heteroatoms. The highest BCUT2D eigenvalue weighted by molar-refractivity contribution is 6.75. The summed E-state index contributed by atoms with van der Waals surface area (Å²) in [6.45, 7) is 33.4. The molecule has 0 radical (unpaired) electrons. The lowest BCUT2D eigenvalue weighted by molar-refractivity contribution is -0.305. The third-order valence-electron chi connectivity index (χ3n) is 12.1. The molecule has 1 aromatic rings. The fraction of sp³-hybridized carbons (Fsp3) is 0.732. The number of aliphatic carboxylic acids is 1. The van der Waals surface area contributed by atoms with Gasteiger partial charge in [-0.25, -0.2) is 0 Å². The molecule has 0 N–H and O–H groups in total. The van der Waals surface area contributed by atoms with Gasteiger partial charge in [0.2, 0.25) is 0 Å². The molecule has 0 aliphatic heterocycles. The number of hydrogen-bond acceptors (Lipinski definition) is 6. The van der Waals surface area contributed by atoms with Crippen LogP contribution in [0.1, 0.15) is 100.0 Å². The van der Waals surface area contributed by atoms with Crippen molar-refractivity contribution in [3.63, 3.8) is 0 Å². The summed E-state index contributed by atoms with van der Waals surface area (Å²) >= 11 is 0. The number of carbonyl (C=O) groups is 1. The zero-order valence-electron chi connectivity index (χ0n) is 35.3. The molecule has 2 rings (SSSR count). The van der Waals surface area contributed by atoms with Gasteiger partial charge in [0, 0.05) is 11.9 Å². The van der Waals surface area contributed by atoms with Gasteiger partial charge in [0.25, 0.3) is 0 Å². The molecule has 0 bridgehead atoms. The minimum Gasteiger partial charge on any atom is -0.550 e. The Morgan fingerprint density at radius 3 is 1.91 bits per heavy atom. The second kappa shape index (κ2) is 18.0. The molecule has 0 saturated heterocycles. The molecule has 1 fully saturated rings. The summed E-state index contributed by atoms with van der Waals surface area (Å²) in [7, 11) is -6.75. The van der Waals surface area contributed by atoms with Gasteiger partial charge in [-0.15, -0.1) is 0 Å². The van der Waals surface area contributed by atoms with Crippen LogP contribution >= 0.6 is 0 Å². The smallest absolute Gasteiger partial charge is 0.416 e. The van der Waals surface area contributed by atoms with Crippen molar-refractivity contribution in [1.29, 1.82) is 0 Å². The Morgan fingerprint density at radius 2 is 1.40 bits per heavy atom. The number of carbonyl (C=O) groups excluding carboxylic acids is 1. The fourth-order valence-electron chi connectivity index (χ4n) is 5.64. The molecule has 0 amide bonds. The number of unbranched alkanes of at least 4 members (excludes halogenated alkanes) is 1. The maximum Gasteiger partial charge on any atom is 0.416 e. The molecule has 1 aromatic carbocycles. The van der Waals surface area contributed by atoms with Crippen molar-refractivity contribution in [2.75, 3.05) is 6.61 Å². The Bertz CT molecular complexity index is 1390. The van der Waals surface area contributed by atoms with Gasteiger partial charge in [-0.2, -0.15) is 13.2 Å². The molecule has 5 atom stereocenters. The Labute approximate surface area is 322 Å². The molecule has 1 aliphatic carbocycles. The van der Waals surface area contributed by atoms with Gasteiger partial charge in [0.05, 0.1) is 23.9 Å². The van der Waals surface area contributed by atoms with Crippen LogP contribution in [0, 0.1) is 11.8 Å². The molecular weight excluding hydrogens is 730 g/mol. The molecule has 304 valence electrons. The van der Waals surface area contributed by atoms with E-state index >= 15 is 0 Å². The molecule has 0 aromatic heterocycles. The van der Waals surface area contributed by atoms with Crippen molar-refractivity contribution in [3.8, 4) is 5.75 Å². The highest BCUT2D eigenvalue weighted by Crippen LogP contribution is 2.48. The maximum atomic E-state index is 13.5. The number of allylic oxidation sites excluding steroid dienone is 2. The van der Waals surface area contributed by atoms with E-state index in [-0.39, 0.29) is 57.9 Å². The highest BCUT2D eigenvalue weighted by atomic mass is 28.4. The van der Waals surface area contributed by atoms with E-state index in [1.807, 2.05) is 6.08 Å². The molecule has 0 unspecified atom stereocenters. The van der Waals surface area contributed by atoms with E-state index in [0.717, 1.165) is 25.0 Å². The largest absolute Gasteiger partial charge is 0.550 e. The number of rotatable bonds is 17. The van der Waals surface area contributed by atoms with Crippen LogP contribution in [0.2, 0.25) is 54.4 Å². The van der Waals surface area contributed by atoms with Gasteiger partial charge in [-0.1, -0.05) is 92.7 Å². The lowest BCUT2D eigenvalue weighted by atomic mass is 9.89. The number of halogens is 3. The van der Waals surface area contributed by atoms with Crippen molar-refractivity contribution in [2.24, 2.45) is 11.8 Å². The Balaban J connectivity index is 2.63. The summed E-state index contributed by atoms with van der Waals surface area (Å²) in [5.74, 6) is -0.864. The number of ether oxygens (including phenoxy) is 1. The molecule has 6 nitrogen and oxygen atoms in total. The quantitative estimate of drug-likeness (QED) is 0.0887. The second-order valence-electron chi connectivity index (χ2n) is 19.4. The molecule has 1 aliphatic rings. The second-order valence-corrected chi connectivity index (χ2v) is 33.7. The van der Waals surface area contributed by atoms with Gasteiger partial charge in [0.1, 0.15) is 12.4 Å². The van der Waals surface area contributed by atoms with Crippen LogP contribution in [-0.4, -0.2) is 55.8 Å². The number of alkyl halides is 3. The van der Waals surface area contributed by atoms with Crippen LogP contribution in [-0.2, 0) is 24.2 Å². The van der Waals surface area contributed by atoms with Crippen LogP contribution in [0.15, 0.2) is 48.6 Å². The first-order valence-electron chi connectivity index (χ1n) is 19.2. The predicted octanol–water partition coefficient (Wildman–Crippen LogP) is 11.3. The first kappa shape index (κ1) is 47.4. The third-order valence-corrected chi connectivity index (χ3v) is 25.6. The lowest BCUT2D eigenvalue weighted by Gasteiger charge is -2.40. The number of benzene rings is 1. The van der Waals surface area contributed by atoms with Crippen molar-refractivity contribution in [2.45, 2.75) is 173 Å². The summed E-state index contributed by atoms with van der Waals surface area (Å²) in [5.41, 5.74) is -0.757. The molecular formula is C41H70F3O6Si3-. The average molecular weight is 800 g/mol. The van der Waals surface area contributed by atoms with Gasteiger partial charge in [-0.3, -0.25) is 0 Å². The number of carboxylic acids is 1. The summed E-state index contributed by atoms with van der Waals surface area (Å²) < 4.78 is 67.9. The van der Waals surface area contributed by atoms with Crippen LogP contribution < -0.4 is 9.84 Å². The van der Waals surface area contributed by atoms with E-state index in [4.69, 9.17) is 18.0 Å². The topological polar surface area (TPSA) is 77.1 Å². The Kier molecular flexibility index (Phi) is 16.2. The summed E-state index contributed by atoms with van der Waals surface area (Å²) in [6, 6.07) is 4.98. The first-order valence-corrected chi connectivity index (χ1v) is 28.0. The average Bonchev–Trinajstić information content (AvgIpc) is 3.27. The van der Waals surface area contributed by atoms with Crippen LogP contribution in [0.4, 0.5) is 13.2 Å². The standard InChI is InChI=1S/C41H71F3O6Si3/c1-38(2,3)51(10,11)48-32(29-47-31-22-20-21-30(27-31)41(42,43)44)25-26-34-33(23-18-16-17-19-24-37(45)46)35(49-52(12,13)39(4,5)6)28-36(34)50-53(14,15)40(7,8)9/h16,18,20-22,25-27,32-36H,17,19,23-24,28-29H2,1-15H3,(H,45,46)/p-1/b18-16?,26-25+/t32-,33-,34-,35+,36-/m1/s1. The summed E-state index contributed by atoms with van der Waals surface area (Å²) in [4.78, 5) is 11.0. The SMILES string of the molecule is CC(C)(C)[Si](C)(C)O[C@H](/C=C/[C@@H]1[C@@H](CC=CCCCC(=O)[O-])[C@@H](O[Si](C)(C)C(C)(C)C)C[C@H]1O[Si](C)(C)C(C)(C)C)COc1cccc(C(F)(F)F)c1. The van der Waals surface area contributed by atoms with Crippen LogP contribution in [0.5, 0.6) is 5.75 Å². The van der Waals surface area contributed by atoms with E-state index in [9.17, 15) is 23.1 Å². The monoisotopic (exact) mass is 799 g/mol. The predicted molar refractivity (Wildman–Crippen MR) is 217 cm³/mol. The van der Waals surface area contributed by atoms with E-state index in [1.165, 1.54) is 6.07 Å². The minimum absolute atomic E-state index is 0.00479. The van der Waals surface area contributed by atoms with E-state index < -0.39 is 48.8 Å². The molecule has 0 heterocycles. The summed E-state index contributed by atoms with van der Waals surface area (Å²) in [5, 5.41) is 10.9. The van der Waals surface area contributed by atoms with Crippen molar-refractivity contribution in [3.05, 3.63) is 54.1 Å². The van der Waals surface area contributed by atoms with E-state index in [0.29, 0.717) is 12.8 Å². The van der Waals surface area contributed by atoms with E-state index in [1.54, 1.807) is 6.07 Å². The minimum atomic E-state index is -4.47. The van der Waals surface area contributed by atoms with Gasteiger partial charge in [-0.05, 0) is 111 Å². The fourth-order valence-corrected chi connectivity index (χ4v) is 9.65. The van der Waals surface area contributed by atoms with Gasteiger partial charge >= 0.3 is 6.18 Å². The maximum absolute atomic E-state index is 13.5. The molecule has 53 heavy (non-hydrogen) atoms. The Hall–Kier alpha value is -1.71. The normalized spacial score (nSPS) is 21.8.